The summed E-state index contributed by atoms with van der Waals surface area (Å²) in [5, 5.41) is 10.2. The van der Waals surface area contributed by atoms with E-state index in [2.05, 4.69) is 21.7 Å². The predicted octanol–water partition coefficient (Wildman–Crippen LogP) is 0.471. The monoisotopic (exact) mass is 255 g/mol. The van der Waals surface area contributed by atoms with Crippen molar-refractivity contribution in [1.82, 2.24) is 14.7 Å². The van der Waals surface area contributed by atoms with Gasteiger partial charge in [0.15, 0.2) is 0 Å². The Morgan fingerprint density at radius 3 is 1.83 bits per heavy atom. The van der Waals surface area contributed by atoms with Crippen LogP contribution in [-0.4, -0.2) is 85.3 Å². The van der Waals surface area contributed by atoms with Crippen molar-refractivity contribution in [3.05, 3.63) is 0 Å². The smallest absolute Gasteiger partial charge is 0.0793 e. The minimum atomic E-state index is -0.175. The lowest BCUT2D eigenvalue weighted by Crippen LogP contribution is -2.48. The minimum Gasteiger partial charge on any atom is -0.390 e. The lowest BCUT2D eigenvalue weighted by molar-refractivity contribution is 0.0559. The maximum atomic E-state index is 10.2. The molecule has 1 atom stereocenters. The first kappa shape index (κ1) is 14.3. The van der Waals surface area contributed by atoms with Gasteiger partial charge in [0.2, 0.25) is 0 Å². The molecule has 2 fully saturated rings. The highest BCUT2D eigenvalue weighted by Crippen LogP contribution is 2.10. The Kier molecular flexibility index (Phi) is 5.89. The largest absolute Gasteiger partial charge is 0.390 e. The van der Waals surface area contributed by atoms with E-state index in [1.54, 1.807) is 0 Å². The number of likely N-dealkylation sites (tertiary alicyclic amines) is 1. The van der Waals surface area contributed by atoms with Gasteiger partial charge in [0.05, 0.1) is 6.10 Å². The fourth-order valence-electron chi connectivity index (χ4n) is 3.00. The molecule has 2 heterocycles. The van der Waals surface area contributed by atoms with Crippen molar-refractivity contribution in [3.8, 4) is 0 Å². The van der Waals surface area contributed by atoms with Crippen LogP contribution >= 0.6 is 0 Å². The van der Waals surface area contributed by atoms with E-state index in [0.717, 1.165) is 39.3 Å². The Bertz CT molecular complexity index is 221. The number of rotatable bonds is 4. The topological polar surface area (TPSA) is 30.0 Å². The molecule has 1 unspecified atom stereocenters. The second-order valence-corrected chi connectivity index (χ2v) is 5.97. The van der Waals surface area contributed by atoms with Crippen molar-refractivity contribution in [3.63, 3.8) is 0 Å². The molecule has 0 aliphatic carbocycles. The summed E-state index contributed by atoms with van der Waals surface area (Å²) < 4.78 is 0. The number of aliphatic hydroxyl groups is 1. The first-order chi connectivity index (χ1) is 8.74. The van der Waals surface area contributed by atoms with E-state index in [9.17, 15) is 5.11 Å². The van der Waals surface area contributed by atoms with E-state index < -0.39 is 0 Å². The number of hydrogen-bond donors (Lipinski definition) is 1. The lowest BCUT2D eigenvalue weighted by atomic mass is 10.2. The average molecular weight is 255 g/mol. The SMILES string of the molecule is CN1CCN(CC(O)CN2CCCCCC2)CC1. The highest BCUT2D eigenvalue weighted by Gasteiger charge is 2.19. The summed E-state index contributed by atoms with van der Waals surface area (Å²) in [6.07, 6.45) is 5.17. The van der Waals surface area contributed by atoms with Gasteiger partial charge < -0.3 is 14.9 Å². The Hall–Kier alpha value is -0.160. The van der Waals surface area contributed by atoms with E-state index in [0.29, 0.717) is 0 Å². The Morgan fingerprint density at radius 2 is 1.28 bits per heavy atom. The van der Waals surface area contributed by atoms with Gasteiger partial charge in [-0.05, 0) is 33.0 Å². The van der Waals surface area contributed by atoms with Crippen molar-refractivity contribution < 1.29 is 5.11 Å². The molecular weight excluding hydrogens is 226 g/mol. The van der Waals surface area contributed by atoms with Crippen LogP contribution in [0.3, 0.4) is 0 Å². The van der Waals surface area contributed by atoms with Crippen LogP contribution < -0.4 is 0 Å². The van der Waals surface area contributed by atoms with Crippen molar-refractivity contribution >= 4 is 0 Å². The molecule has 1 N–H and O–H groups in total. The first-order valence-electron chi connectivity index (χ1n) is 7.55. The van der Waals surface area contributed by atoms with Crippen LogP contribution in [0.4, 0.5) is 0 Å². The predicted molar refractivity (Wildman–Crippen MR) is 74.9 cm³/mol. The van der Waals surface area contributed by atoms with Crippen LogP contribution in [0.15, 0.2) is 0 Å². The van der Waals surface area contributed by atoms with E-state index in [1.807, 2.05) is 0 Å². The molecule has 4 nitrogen and oxygen atoms in total. The van der Waals surface area contributed by atoms with Gasteiger partial charge in [-0.15, -0.1) is 0 Å². The maximum absolute atomic E-state index is 10.2. The zero-order valence-electron chi connectivity index (χ0n) is 11.9. The van der Waals surface area contributed by atoms with Crippen LogP contribution in [0, 0.1) is 0 Å². The third kappa shape index (κ3) is 4.84. The number of likely N-dealkylation sites (N-methyl/N-ethyl adjacent to an activating group) is 1. The number of β-amino-alcohol motifs (C(OH)–C–C–N with tert-alkyl or cyclic N) is 1. The van der Waals surface area contributed by atoms with Gasteiger partial charge in [-0.2, -0.15) is 0 Å². The fraction of sp³-hybridized carbons (Fsp3) is 1.00. The Balaban J connectivity index is 1.66. The summed E-state index contributed by atoms with van der Waals surface area (Å²) in [5.74, 6) is 0. The first-order valence-corrected chi connectivity index (χ1v) is 7.55. The molecule has 0 aromatic heterocycles. The average Bonchev–Trinajstić information content (AvgIpc) is 2.61. The molecule has 2 aliphatic rings. The maximum Gasteiger partial charge on any atom is 0.0793 e. The third-order valence-electron chi connectivity index (χ3n) is 4.23. The summed E-state index contributed by atoms with van der Waals surface area (Å²) in [6.45, 7) is 8.56. The minimum absolute atomic E-state index is 0.175. The lowest BCUT2D eigenvalue weighted by Gasteiger charge is -2.34. The van der Waals surface area contributed by atoms with E-state index in [1.165, 1.54) is 38.8 Å². The third-order valence-corrected chi connectivity index (χ3v) is 4.23. The van der Waals surface area contributed by atoms with Gasteiger partial charge in [0, 0.05) is 39.3 Å². The van der Waals surface area contributed by atoms with Gasteiger partial charge in [0.1, 0.15) is 0 Å². The Labute approximate surface area is 112 Å². The number of piperazine rings is 1. The van der Waals surface area contributed by atoms with Crippen LogP contribution in [0.25, 0.3) is 0 Å². The number of aliphatic hydroxyl groups excluding tert-OH is 1. The van der Waals surface area contributed by atoms with E-state index in [-0.39, 0.29) is 6.10 Å². The zero-order chi connectivity index (χ0) is 12.8. The highest BCUT2D eigenvalue weighted by atomic mass is 16.3. The molecule has 0 aromatic rings. The van der Waals surface area contributed by atoms with Crippen molar-refractivity contribution in [2.24, 2.45) is 0 Å². The quantitative estimate of drug-likeness (QED) is 0.791. The number of hydrogen-bond acceptors (Lipinski definition) is 4. The molecule has 0 aromatic carbocycles. The number of nitrogens with zero attached hydrogens (tertiary/aromatic N) is 3. The van der Waals surface area contributed by atoms with Crippen molar-refractivity contribution in [2.75, 3.05) is 59.4 Å². The summed E-state index contributed by atoms with van der Waals surface area (Å²) in [4.78, 5) is 7.22. The molecule has 106 valence electrons. The zero-order valence-corrected chi connectivity index (χ0v) is 11.9. The standard InChI is InChI=1S/C14H29N3O/c1-15-8-10-17(11-9-15)13-14(18)12-16-6-4-2-3-5-7-16/h14,18H,2-13H2,1H3. The van der Waals surface area contributed by atoms with Crippen molar-refractivity contribution in [1.29, 1.82) is 0 Å². The Morgan fingerprint density at radius 1 is 0.778 bits per heavy atom. The summed E-state index contributed by atoms with van der Waals surface area (Å²) in [7, 11) is 2.17. The second kappa shape index (κ2) is 7.43. The van der Waals surface area contributed by atoms with E-state index in [4.69, 9.17) is 0 Å². The van der Waals surface area contributed by atoms with Crippen LogP contribution in [-0.2, 0) is 0 Å². The molecular formula is C14H29N3O. The molecule has 18 heavy (non-hydrogen) atoms. The molecule has 2 rings (SSSR count). The molecule has 0 spiro atoms. The normalized spacial score (nSPS) is 27.0. The van der Waals surface area contributed by atoms with Gasteiger partial charge in [-0.25, -0.2) is 0 Å². The van der Waals surface area contributed by atoms with Gasteiger partial charge >= 0.3 is 0 Å². The van der Waals surface area contributed by atoms with Crippen LogP contribution in [0.5, 0.6) is 0 Å². The van der Waals surface area contributed by atoms with Gasteiger partial charge in [-0.3, -0.25) is 4.90 Å². The summed E-state index contributed by atoms with van der Waals surface area (Å²) in [6, 6.07) is 0. The molecule has 2 aliphatic heterocycles. The van der Waals surface area contributed by atoms with Gasteiger partial charge in [-0.1, -0.05) is 12.8 Å². The van der Waals surface area contributed by atoms with Crippen molar-refractivity contribution in [2.45, 2.75) is 31.8 Å². The second-order valence-electron chi connectivity index (χ2n) is 5.97. The molecule has 4 heteroatoms. The highest BCUT2D eigenvalue weighted by molar-refractivity contribution is 4.75. The molecule has 0 bridgehead atoms. The molecule has 2 saturated heterocycles. The fourth-order valence-corrected chi connectivity index (χ4v) is 3.00. The van der Waals surface area contributed by atoms with Crippen LogP contribution in [0.2, 0.25) is 0 Å². The van der Waals surface area contributed by atoms with Crippen LogP contribution in [0.1, 0.15) is 25.7 Å². The molecule has 0 radical (unpaired) electrons. The molecule has 0 saturated carbocycles. The van der Waals surface area contributed by atoms with E-state index >= 15 is 0 Å². The summed E-state index contributed by atoms with van der Waals surface area (Å²) in [5.41, 5.74) is 0. The summed E-state index contributed by atoms with van der Waals surface area (Å²) >= 11 is 0. The van der Waals surface area contributed by atoms with Gasteiger partial charge in [0.25, 0.3) is 0 Å². The molecule has 0 amide bonds.